The van der Waals surface area contributed by atoms with Gasteiger partial charge in [0.05, 0.1) is 31.3 Å². The molecule has 0 aliphatic rings. The van der Waals surface area contributed by atoms with Crippen LogP contribution in [-0.2, 0) is 10.0 Å². The zero-order valence-corrected chi connectivity index (χ0v) is 22.5. The Morgan fingerprint density at radius 1 is 1.06 bits per heavy atom. The maximum Gasteiger partial charge on any atom is 0.242 e. The molecule has 0 amide bonds. The summed E-state index contributed by atoms with van der Waals surface area (Å²) >= 11 is 21.7. The predicted molar refractivity (Wildman–Crippen MR) is 141 cm³/mol. The molecule has 0 saturated heterocycles. The van der Waals surface area contributed by atoms with Crippen LogP contribution >= 0.6 is 50.7 Å². The average Bonchev–Trinajstić information content (AvgIpc) is 3.19. The first-order valence-corrected chi connectivity index (χ1v) is 13.5. The molecule has 0 saturated carbocycles. The van der Waals surface area contributed by atoms with Crippen LogP contribution < -0.4 is 5.32 Å². The Morgan fingerprint density at radius 2 is 1.82 bits per heavy atom. The molecular formula is C22H19BrCl3N5O2S. The number of nitrogens with zero attached hydrogens (tertiary/aromatic N) is 4. The number of halogens is 4. The minimum atomic E-state index is -3.69. The second kappa shape index (κ2) is 10.4. The summed E-state index contributed by atoms with van der Waals surface area (Å²) in [6.45, 7) is 0.795. The quantitative estimate of drug-likeness (QED) is 0.241. The Kier molecular flexibility index (Phi) is 7.71. The van der Waals surface area contributed by atoms with Crippen molar-refractivity contribution in [1.29, 1.82) is 0 Å². The van der Waals surface area contributed by atoms with Crippen molar-refractivity contribution < 1.29 is 8.42 Å². The number of nitrogens with one attached hydrogen (secondary N) is 1. The van der Waals surface area contributed by atoms with Gasteiger partial charge in [0.25, 0.3) is 0 Å². The summed E-state index contributed by atoms with van der Waals surface area (Å²) < 4.78 is 29.4. The van der Waals surface area contributed by atoms with Crippen LogP contribution in [0.5, 0.6) is 0 Å². The number of benzene rings is 2. The molecule has 0 aliphatic heterocycles. The minimum absolute atomic E-state index is 0.0963. The van der Waals surface area contributed by atoms with Crippen molar-refractivity contribution in [3.63, 3.8) is 0 Å². The minimum Gasteiger partial charge on any atom is -0.370 e. The lowest BCUT2D eigenvalue weighted by molar-refractivity contribution is 0.465. The fraction of sp³-hybridized carbons (Fsp3) is 0.182. The smallest absolute Gasteiger partial charge is 0.242 e. The van der Waals surface area contributed by atoms with Crippen LogP contribution in [0.4, 0.5) is 5.82 Å². The van der Waals surface area contributed by atoms with Gasteiger partial charge in [-0.3, -0.25) is 0 Å². The summed E-state index contributed by atoms with van der Waals surface area (Å²) in [5, 5.41) is 8.79. The van der Waals surface area contributed by atoms with E-state index in [9.17, 15) is 8.42 Å². The van der Waals surface area contributed by atoms with Crippen LogP contribution in [-0.4, -0.2) is 47.5 Å². The summed E-state index contributed by atoms with van der Waals surface area (Å²) in [5.41, 5.74) is 2.13. The first-order valence-electron chi connectivity index (χ1n) is 10.1. The highest BCUT2D eigenvalue weighted by Gasteiger charge is 2.21. The summed E-state index contributed by atoms with van der Waals surface area (Å²) in [6.07, 6.45) is 2.21. The van der Waals surface area contributed by atoms with Gasteiger partial charge in [-0.1, -0.05) is 53.0 Å². The van der Waals surface area contributed by atoms with Crippen molar-refractivity contribution in [1.82, 2.24) is 18.9 Å². The van der Waals surface area contributed by atoms with Gasteiger partial charge in [-0.15, -0.1) is 0 Å². The van der Waals surface area contributed by atoms with Crippen LogP contribution in [0.3, 0.4) is 0 Å². The van der Waals surface area contributed by atoms with Crippen LogP contribution in [0.15, 0.2) is 64.1 Å². The molecule has 4 aromatic rings. The van der Waals surface area contributed by atoms with Crippen LogP contribution in [0.1, 0.15) is 6.42 Å². The number of rotatable bonds is 8. The van der Waals surface area contributed by atoms with E-state index in [0.29, 0.717) is 46.7 Å². The molecule has 12 heteroatoms. The number of fused-ring (bicyclic) bond motifs is 1. The molecule has 1 N–H and O–H groups in total. The molecule has 0 unspecified atom stereocenters. The second-order valence-corrected chi connectivity index (χ2v) is 11.5. The van der Waals surface area contributed by atoms with Gasteiger partial charge in [-0.05, 0) is 46.6 Å². The molecule has 0 atom stereocenters. The van der Waals surface area contributed by atoms with E-state index in [4.69, 9.17) is 34.8 Å². The Bertz CT molecular complexity index is 1460. The number of sulfonamides is 1. The third-order valence-corrected chi connectivity index (χ3v) is 8.61. The van der Waals surface area contributed by atoms with Gasteiger partial charge in [0.15, 0.2) is 5.65 Å². The number of aromatic nitrogens is 3. The molecule has 0 radical (unpaired) electrons. The molecular weight excluding hydrogens is 585 g/mol. The molecule has 2 aromatic carbocycles. The van der Waals surface area contributed by atoms with Crippen LogP contribution in [0.25, 0.3) is 16.9 Å². The molecule has 7 nitrogen and oxygen atoms in total. The van der Waals surface area contributed by atoms with Gasteiger partial charge in [0.1, 0.15) is 5.82 Å². The first-order chi connectivity index (χ1) is 16.2. The topological polar surface area (TPSA) is 79.6 Å². The Labute approximate surface area is 220 Å². The maximum absolute atomic E-state index is 12.8. The van der Waals surface area contributed by atoms with E-state index in [1.54, 1.807) is 10.7 Å². The third kappa shape index (κ3) is 5.19. The lowest BCUT2D eigenvalue weighted by Gasteiger charge is -2.18. The van der Waals surface area contributed by atoms with E-state index in [-0.39, 0.29) is 9.92 Å². The zero-order chi connectivity index (χ0) is 24.5. The first kappa shape index (κ1) is 25.2. The highest BCUT2D eigenvalue weighted by molar-refractivity contribution is 9.10. The van der Waals surface area contributed by atoms with Crippen molar-refractivity contribution in [3.05, 3.63) is 74.3 Å². The lowest BCUT2D eigenvalue weighted by Crippen LogP contribution is -2.29. The number of hydrogen-bond acceptors (Lipinski definition) is 5. The van der Waals surface area contributed by atoms with Crippen LogP contribution in [0.2, 0.25) is 15.1 Å². The number of hydrogen-bond donors (Lipinski definition) is 1. The fourth-order valence-corrected chi connectivity index (χ4v) is 5.50. The third-order valence-electron chi connectivity index (χ3n) is 5.13. The van der Waals surface area contributed by atoms with Crippen molar-refractivity contribution in [2.45, 2.75) is 11.3 Å². The van der Waals surface area contributed by atoms with E-state index in [1.807, 2.05) is 30.3 Å². The highest BCUT2D eigenvalue weighted by atomic mass is 79.9. The molecule has 0 aliphatic carbocycles. The fourth-order valence-electron chi connectivity index (χ4n) is 3.32. The predicted octanol–water partition coefficient (Wildman–Crippen LogP) is 6.24. The van der Waals surface area contributed by atoms with E-state index in [2.05, 4.69) is 31.3 Å². The van der Waals surface area contributed by atoms with Crippen LogP contribution in [0, 0.1) is 0 Å². The standard InChI is InChI=1S/C22H19BrCl3N5O2S/c1-30(34(32,33)14-7-8-18(25)19(26)11-14)10-4-9-27-21-12-20(15-5-2-3-6-17(15)24)29-22-16(23)13-28-31(21)22/h2-3,5-8,11-13,27H,4,9-10H2,1H3. The Balaban J connectivity index is 1.48. The van der Waals surface area contributed by atoms with Gasteiger partial charge < -0.3 is 5.32 Å². The second-order valence-electron chi connectivity index (χ2n) is 7.42. The molecule has 0 spiro atoms. The SMILES string of the molecule is CN(CCCNc1cc(-c2ccccc2Cl)nc2c(Br)cnn12)S(=O)(=O)c1ccc(Cl)c(Cl)c1. The molecule has 2 aromatic heterocycles. The molecule has 34 heavy (non-hydrogen) atoms. The van der Waals surface area contributed by atoms with Crippen molar-refractivity contribution in [2.75, 3.05) is 25.5 Å². The van der Waals surface area contributed by atoms with Gasteiger partial charge in [0, 0.05) is 36.8 Å². The largest absolute Gasteiger partial charge is 0.370 e. The molecule has 0 bridgehead atoms. The summed E-state index contributed by atoms with van der Waals surface area (Å²) in [6, 6.07) is 13.6. The highest BCUT2D eigenvalue weighted by Crippen LogP contribution is 2.30. The van der Waals surface area contributed by atoms with Gasteiger partial charge in [-0.25, -0.2) is 17.7 Å². The van der Waals surface area contributed by atoms with Crippen molar-refractivity contribution >= 4 is 72.2 Å². The summed E-state index contributed by atoms with van der Waals surface area (Å²) in [4.78, 5) is 4.78. The lowest BCUT2D eigenvalue weighted by atomic mass is 10.1. The molecule has 4 rings (SSSR count). The normalized spacial score (nSPS) is 11.9. The number of anilines is 1. The average molecular weight is 604 g/mol. The molecule has 0 fully saturated rings. The maximum atomic E-state index is 12.8. The zero-order valence-electron chi connectivity index (χ0n) is 17.8. The van der Waals surface area contributed by atoms with E-state index in [0.717, 1.165) is 10.0 Å². The molecule has 2 heterocycles. The summed E-state index contributed by atoms with van der Waals surface area (Å²) in [5.74, 6) is 0.709. The monoisotopic (exact) mass is 601 g/mol. The van der Waals surface area contributed by atoms with Gasteiger partial charge >= 0.3 is 0 Å². The van der Waals surface area contributed by atoms with Crippen molar-refractivity contribution in [2.24, 2.45) is 0 Å². The van der Waals surface area contributed by atoms with E-state index >= 15 is 0 Å². The summed E-state index contributed by atoms with van der Waals surface area (Å²) in [7, 11) is -2.16. The van der Waals surface area contributed by atoms with Gasteiger partial charge in [-0.2, -0.15) is 9.61 Å². The van der Waals surface area contributed by atoms with Gasteiger partial charge in [0.2, 0.25) is 10.0 Å². The van der Waals surface area contributed by atoms with E-state index in [1.165, 1.54) is 29.6 Å². The Morgan fingerprint density at radius 3 is 2.56 bits per heavy atom. The molecule has 178 valence electrons. The van der Waals surface area contributed by atoms with Crippen molar-refractivity contribution in [3.8, 4) is 11.3 Å². The Hall–Kier alpha value is -1.88. The van der Waals surface area contributed by atoms with E-state index < -0.39 is 10.0 Å².